The Morgan fingerprint density at radius 2 is 1.78 bits per heavy atom. The van der Waals surface area contributed by atoms with E-state index in [0.717, 1.165) is 17.5 Å². The molecule has 0 aliphatic carbocycles. The fraction of sp³-hybridized carbons (Fsp3) is 0.250. The van der Waals surface area contributed by atoms with Crippen molar-refractivity contribution in [1.82, 2.24) is 10.2 Å². The number of aryl methyl sites for hydroxylation is 1. The second-order valence-corrected chi connectivity index (χ2v) is 9.18. The number of rotatable bonds is 8. The van der Waals surface area contributed by atoms with Gasteiger partial charge in [0, 0.05) is 22.8 Å². The van der Waals surface area contributed by atoms with E-state index >= 15 is 0 Å². The number of carbonyl (C=O) groups excluding carboxylic acids is 3. The van der Waals surface area contributed by atoms with Crippen LogP contribution < -0.4 is 10.6 Å². The molecule has 8 heteroatoms. The van der Waals surface area contributed by atoms with Crippen LogP contribution in [0, 0.1) is 6.92 Å². The molecule has 186 valence electrons. The molecule has 2 N–H and O–H groups in total. The van der Waals surface area contributed by atoms with Crippen molar-refractivity contribution in [3.8, 4) is 0 Å². The molecule has 1 aliphatic rings. The van der Waals surface area contributed by atoms with E-state index in [2.05, 4.69) is 10.6 Å². The van der Waals surface area contributed by atoms with Crippen molar-refractivity contribution in [2.75, 3.05) is 11.9 Å². The van der Waals surface area contributed by atoms with Crippen molar-refractivity contribution in [2.45, 2.75) is 39.0 Å². The lowest BCUT2D eigenvalue weighted by molar-refractivity contribution is -0.126. The van der Waals surface area contributed by atoms with Crippen molar-refractivity contribution in [1.29, 1.82) is 0 Å². The highest BCUT2D eigenvalue weighted by molar-refractivity contribution is 6.30. The second-order valence-electron chi connectivity index (χ2n) is 8.74. The SMILES string of the molecule is CCCNC(=O)C1C(c2cccc(NC(=O)c3ccc(C)cc3)c2)OC(=O)N1Cc1cccc(Cl)c1. The number of amides is 3. The van der Waals surface area contributed by atoms with Gasteiger partial charge in [-0.25, -0.2) is 4.79 Å². The van der Waals surface area contributed by atoms with Crippen LogP contribution >= 0.6 is 11.6 Å². The van der Waals surface area contributed by atoms with Crippen LogP contribution in [0.1, 0.15) is 46.5 Å². The topological polar surface area (TPSA) is 87.7 Å². The van der Waals surface area contributed by atoms with Gasteiger partial charge in [0.1, 0.15) is 0 Å². The molecular weight excluding hydrogens is 478 g/mol. The summed E-state index contributed by atoms with van der Waals surface area (Å²) in [6, 6.07) is 20.5. The highest BCUT2D eigenvalue weighted by atomic mass is 35.5. The summed E-state index contributed by atoms with van der Waals surface area (Å²) < 4.78 is 5.71. The Kier molecular flexibility index (Phi) is 7.90. The minimum Gasteiger partial charge on any atom is -0.438 e. The number of nitrogens with one attached hydrogen (secondary N) is 2. The number of benzene rings is 3. The van der Waals surface area contributed by atoms with Gasteiger partial charge in [0.05, 0.1) is 6.54 Å². The summed E-state index contributed by atoms with van der Waals surface area (Å²) in [6.07, 6.45) is -0.678. The summed E-state index contributed by atoms with van der Waals surface area (Å²) in [5.74, 6) is -0.556. The van der Waals surface area contributed by atoms with E-state index in [-0.39, 0.29) is 18.4 Å². The number of hydrogen-bond donors (Lipinski definition) is 2. The highest BCUT2D eigenvalue weighted by Crippen LogP contribution is 2.35. The fourth-order valence-corrected chi connectivity index (χ4v) is 4.31. The number of nitrogens with zero attached hydrogens (tertiary/aromatic N) is 1. The average molecular weight is 506 g/mol. The van der Waals surface area contributed by atoms with E-state index in [4.69, 9.17) is 16.3 Å². The lowest BCUT2D eigenvalue weighted by Crippen LogP contribution is -2.46. The van der Waals surface area contributed by atoms with Crippen molar-refractivity contribution >= 4 is 35.2 Å². The fourth-order valence-electron chi connectivity index (χ4n) is 4.10. The lowest BCUT2D eigenvalue weighted by Gasteiger charge is -2.24. The van der Waals surface area contributed by atoms with E-state index in [1.54, 1.807) is 54.6 Å². The van der Waals surface area contributed by atoms with Gasteiger partial charge in [0.2, 0.25) is 5.91 Å². The Morgan fingerprint density at radius 3 is 2.50 bits per heavy atom. The van der Waals surface area contributed by atoms with E-state index in [0.29, 0.717) is 28.4 Å². The van der Waals surface area contributed by atoms with Gasteiger partial charge in [-0.2, -0.15) is 0 Å². The van der Waals surface area contributed by atoms with Crippen LogP contribution in [-0.2, 0) is 16.1 Å². The Balaban J connectivity index is 1.59. The van der Waals surface area contributed by atoms with Gasteiger partial charge in [0.25, 0.3) is 5.91 Å². The molecule has 4 rings (SSSR count). The molecule has 0 radical (unpaired) electrons. The van der Waals surface area contributed by atoms with Crippen LogP contribution in [-0.4, -0.2) is 35.4 Å². The second kappa shape index (κ2) is 11.3. The molecule has 0 aromatic heterocycles. The first-order chi connectivity index (χ1) is 17.4. The highest BCUT2D eigenvalue weighted by Gasteiger charge is 2.47. The van der Waals surface area contributed by atoms with Crippen LogP contribution in [0.25, 0.3) is 0 Å². The number of hydrogen-bond acceptors (Lipinski definition) is 4. The number of cyclic esters (lactones) is 1. The number of halogens is 1. The van der Waals surface area contributed by atoms with Gasteiger partial charge >= 0.3 is 6.09 Å². The van der Waals surface area contributed by atoms with Gasteiger partial charge in [-0.1, -0.05) is 60.5 Å². The Hall–Kier alpha value is -3.84. The molecule has 3 aromatic carbocycles. The largest absolute Gasteiger partial charge is 0.438 e. The molecular formula is C28H28ClN3O4. The Morgan fingerprint density at radius 1 is 1.03 bits per heavy atom. The molecule has 36 heavy (non-hydrogen) atoms. The van der Waals surface area contributed by atoms with Gasteiger partial charge in [0.15, 0.2) is 12.1 Å². The molecule has 7 nitrogen and oxygen atoms in total. The van der Waals surface area contributed by atoms with Crippen LogP contribution in [0.3, 0.4) is 0 Å². The number of ether oxygens (including phenoxy) is 1. The summed E-state index contributed by atoms with van der Waals surface area (Å²) in [6.45, 7) is 4.56. The summed E-state index contributed by atoms with van der Waals surface area (Å²) in [7, 11) is 0. The summed E-state index contributed by atoms with van der Waals surface area (Å²) in [4.78, 5) is 40.2. The Bertz CT molecular complexity index is 1260. The third-order valence-electron chi connectivity index (χ3n) is 5.93. The first-order valence-corrected chi connectivity index (χ1v) is 12.2. The maximum atomic E-state index is 13.2. The molecule has 3 amide bonds. The summed E-state index contributed by atoms with van der Waals surface area (Å²) >= 11 is 6.12. The predicted molar refractivity (Wildman–Crippen MR) is 139 cm³/mol. The predicted octanol–water partition coefficient (Wildman–Crippen LogP) is 5.49. The summed E-state index contributed by atoms with van der Waals surface area (Å²) in [5, 5.41) is 6.31. The molecule has 0 bridgehead atoms. The third-order valence-corrected chi connectivity index (χ3v) is 6.17. The zero-order chi connectivity index (χ0) is 25.7. The van der Waals surface area contributed by atoms with Crippen LogP contribution in [0.4, 0.5) is 10.5 Å². The van der Waals surface area contributed by atoms with Gasteiger partial charge < -0.3 is 15.4 Å². The quantitative estimate of drug-likeness (QED) is 0.424. The van der Waals surface area contributed by atoms with Crippen molar-refractivity contribution < 1.29 is 19.1 Å². The van der Waals surface area contributed by atoms with Gasteiger partial charge in [-0.05, 0) is 60.9 Å². The first kappa shape index (κ1) is 25.3. The normalized spacial score (nSPS) is 17.0. The van der Waals surface area contributed by atoms with Crippen LogP contribution in [0.2, 0.25) is 5.02 Å². The lowest BCUT2D eigenvalue weighted by atomic mass is 10.00. The molecule has 1 heterocycles. The van der Waals surface area contributed by atoms with E-state index < -0.39 is 18.2 Å². The summed E-state index contributed by atoms with van der Waals surface area (Å²) in [5.41, 5.74) is 3.52. The number of anilines is 1. The minimum atomic E-state index is -0.883. The molecule has 1 aliphatic heterocycles. The van der Waals surface area contributed by atoms with E-state index in [1.165, 1.54) is 4.90 Å². The van der Waals surface area contributed by atoms with Crippen LogP contribution in [0.15, 0.2) is 72.8 Å². The van der Waals surface area contributed by atoms with Gasteiger partial charge in [-0.3, -0.25) is 14.5 Å². The molecule has 1 fully saturated rings. The standard InChI is InChI=1S/C28H28ClN3O4/c1-3-14-30-27(34)24-25(36-28(35)32(24)17-19-6-4-8-22(29)15-19)21-7-5-9-23(16-21)31-26(33)20-12-10-18(2)11-13-20/h4-13,15-16,24-25H,3,14,17H2,1-2H3,(H,30,34)(H,31,33). The van der Waals surface area contributed by atoms with Crippen molar-refractivity contribution in [2.24, 2.45) is 0 Å². The maximum Gasteiger partial charge on any atom is 0.411 e. The third kappa shape index (κ3) is 5.86. The smallest absolute Gasteiger partial charge is 0.411 e. The Labute approximate surface area is 215 Å². The number of carbonyl (C=O) groups is 3. The van der Waals surface area contributed by atoms with E-state index in [9.17, 15) is 14.4 Å². The minimum absolute atomic E-state index is 0.171. The zero-order valence-electron chi connectivity index (χ0n) is 20.2. The van der Waals surface area contributed by atoms with Crippen molar-refractivity contribution in [3.63, 3.8) is 0 Å². The van der Waals surface area contributed by atoms with E-state index in [1.807, 2.05) is 32.0 Å². The van der Waals surface area contributed by atoms with Crippen molar-refractivity contribution in [3.05, 3.63) is 100 Å². The molecule has 2 unspecified atom stereocenters. The first-order valence-electron chi connectivity index (χ1n) is 11.8. The molecule has 1 saturated heterocycles. The molecule has 3 aromatic rings. The average Bonchev–Trinajstić information content (AvgIpc) is 3.19. The molecule has 0 saturated carbocycles. The molecule has 2 atom stereocenters. The van der Waals surface area contributed by atoms with Gasteiger partial charge in [-0.15, -0.1) is 0 Å². The van der Waals surface area contributed by atoms with Crippen LogP contribution in [0.5, 0.6) is 0 Å². The molecule has 0 spiro atoms. The zero-order valence-corrected chi connectivity index (χ0v) is 20.9. The maximum absolute atomic E-state index is 13.2. The monoisotopic (exact) mass is 505 g/mol.